The Labute approximate surface area is 236 Å². The molecule has 39 heavy (non-hydrogen) atoms. The Balaban J connectivity index is 0.980. The molecule has 2 aliphatic rings. The van der Waals surface area contributed by atoms with Crippen molar-refractivity contribution in [1.29, 1.82) is 0 Å². The van der Waals surface area contributed by atoms with Crippen LogP contribution in [0.3, 0.4) is 0 Å². The van der Waals surface area contributed by atoms with Gasteiger partial charge < -0.3 is 23.7 Å². The molecule has 0 amide bonds. The average molecular weight is 595 g/mol. The maximum absolute atomic E-state index is 5.92. The second-order valence-electron chi connectivity index (χ2n) is 9.03. The second-order valence-corrected chi connectivity index (χ2v) is 9.94. The molecule has 2 N–H and O–H groups in total. The van der Waals surface area contributed by atoms with Crippen LogP contribution in [0, 0.1) is 0 Å². The van der Waals surface area contributed by atoms with Crippen LogP contribution in [0.15, 0.2) is 93.3 Å². The summed E-state index contributed by atoms with van der Waals surface area (Å²) in [6.07, 6.45) is 1.47. The van der Waals surface area contributed by atoms with Crippen molar-refractivity contribution < 1.29 is 23.7 Å². The van der Waals surface area contributed by atoms with E-state index in [0.717, 1.165) is 40.1 Å². The zero-order valence-electron chi connectivity index (χ0n) is 21.4. The lowest BCUT2D eigenvalue weighted by atomic mass is 10.2. The van der Waals surface area contributed by atoms with Crippen molar-refractivity contribution in [3.63, 3.8) is 0 Å². The highest BCUT2D eigenvalue weighted by molar-refractivity contribution is 9.10. The zero-order valence-corrected chi connectivity index (χ0v) is 23.0. The molecule has 2 atom stereocenters. The number of ether oxygens (including phenoxy) is 5. The van der Waals surface area contributed by atoms with E-state index in [1.54, 1.807) is 0 Å². The van der Waals surface area contributed by atoms with Gasteiger partial charge in [-0.1, -0.05) is 58.4 Å². The lowest BCUT2D eigenvalue weighted by molar-refractivity contribution is 0.253. The van der Waals surface area contributed by atoms with Gasteiger partial charge in [-0.25, -0.2) is 20.8 Å². The fraction of sp³-hybridized carbons (Fsp3) is 0.310. The molecule has 0 saturated carbocycles. The number of nitrogens with zero attached hydrogens (tertiary/aromatic N) is 2. The lowest BCUT2D eigenvalue weighted by Gasteiger charge is -2.10. The number of hydrogen-bond donors (Lipinski definition) is 2. The van der Waals surface area contributed by atoms with Crippen LogP contribution in [-0.4, -0.2) is 50.6 Å². The number of nitrogens with one attached hydrogen (secondary N) is 2. The maximum Gasteiger partial charge on any atom is 0.304 e. The molecular weight excluding hydrogens is 564 g/mol. The summed E-state index contributed by atoms with van der Waals surface area (Å²) in [4.78, 5) is 9.08. The first-order valence-electron chi connectivity index (χ1n) is 12.9. The lowest BCUT2D eigenvalue weighted by Crippen LogP contribution is -2.41. The minimum absolute atomic E-state index is 0.00108. The first-order valence-corrected chi connectivity index (χ1v) is 13.7. The Morgan fingerprint density at radius 2 is 1.26 bits per heavy atom. The predicted molar refractivity (Wildman–Crippen MR) is 152 cm³/mol. The summed E-state index contributed by atoms with van der Waals surface area (Å²) in [5.41, 5.74) is 6.99. The smallest absolute Gasteiger partial charge is 0.304 e. The third-order valence-electron chi connectivity index (χ3n) is 5.99. The molecule has 0 bridgehead atoms. The highest BCUT2D eigenvalue weighted by atomic mass is 79.9. The number of rotatable bonds is 11. The van der Waals surface area contributed by atoms with Crippen LogP contribution < -0.4 is 25.1 Å². The summed E-state index contributed by atoms with van der Waals surface area (Å²) in [7, 11) is 0. The molecular formula is C29H31BrN4O5. The van der Waals surface area contributed by atoms with Crippen LogP contribution in [0.25, 0.3) is 0 Å². The van der Waals surface area contributed by atoms with E-state index in [1.807, 2.05) is 78.9 Å². The van der Waals surface area contributed by atoms with Gasteiger partial charge in [-0.3, -0.25) is 0 Å². The molecule has 3 aromatic carbocycles. The monoisotopic (exact) mass is 594 g/mol. The first kappa shape index (κ1) is 26.7. The van der Waals surface area contributed by atoms with Gasteiger partial charge in [0.2, 0.25) is 0 Å². The number of aliphatic imine (C=N–C) groups is 2. The van der Waals surface area contributed by atoms with E-state index in [1.165, 1.54) is 0 Å². The minimum atomic E-state index is 0.00108. The molecule has 10 heteroatoms. The standard InChI is InChI=1S/C29H31BrN4O5/c30-22-8-4-9-25(16-22)35-14-12-23-19-38-28(31-23)33-34-29-32-24(20-39-29)13-15-36-26-10-5-11-27(17-26)37-18-21-6-2-1-3-7-21/h1-11,16-17,23-24H,12-15,18-20H2,(H,31,33)(H,32,34). The van der Waals surface area contributed by atoms with Crippen LogP contribution in [0.1, 0.15) is 18.4 Å². The highest BCUT2D eigenvalue weighted by Crippen LogP contribution is 2.21. The molecule has 0 aliphatic carbocycles. The molecule has 0 fully saturated rings. The molecule has 5 rings (SSSR count). The maximum atomic E-state index is 5.92. The van der Waals surface area contributed by atoms with Gasteiger partial charge in [0, 0.05) is 23.4 Å². The van der Waals surface area contributed by atoms with Crippen LogP contribution in [0.2, 0.25) is 0 Å². The summed E-state index contributed by atoms with van der Waals surface area (Å²) in [5.74, 6) is 2.36. The van der Waals surface area contributed by atoms with Gasteiger partial charge in [0.25, 0.3) is 0 Å². The summed E-state index contributed by atoms with van der Waals surface area (Å²) >= 11 is 3.44. The van der Waals surface area contributed by atoms with Gasteiger partial charge in [0.15, 0.2) is 0 Å². The van der Waals surface area contributed by atoms with E-state index in [-0.39, 0.29) is 12.1 Å². The van der Waals surface area contributed by atoms with Crippen molar-refractivity contribution in [3.8, 4) is 17.2 Å². The Kier molecular flexibility index (Phi) is 9.41. The van der Waals surface area contributed by atoms with E-state index >= 15 is 0 Å². The van der Waals surface area contributed by atoms with Crippen molar-refractivity contribution in [3.05, 3.63) is 88.9 Å². The van der Waals surface area contributed by atoms with Crippen molar-refractivity contribution in [1.82, 2.24) is 10.9 Å². The van der Waals surface area contributed by atoms with Gasteiger partial charge in [0.05, 0.1) is 25.3 Å². The van der Waals surface area contributed by atoms with Crippen molar-refractivity contribution in [2.45, 2.75) is 31.5 Å². The van der Waals surface area contributed by atoms with E-state index in [0.29, 0.717) is 45.1 Å². The third-order valence-corrected chi connectivity index (χ3v) is 6.48. The molecule has 9 nitrogen and oxygen atoms in total. The average Bonchev–Trinajstić information content (AvgIpc) is 3.61. The SMILES string of the molecule is Brc1cccc(OCCC2COC(NNC3=NC(CCOc4cccc(OCc5ccccc5)c4)CO3)=N2)c1. The van der Waals surface area contributed by atoms with Crippen LogP contribution in [0.5, 0.6) is 17.2 Å². The van der Waals surface area contributed by atoms with Gasteiger partial charge in [0.1, 0.15) is 37.1 Å². The van der Waals surface area contributed by atoms with E-state index in [4.69, 9.17) is 23.7 Å². The molecule has 2 unspecified atom stereocenters. The minimum Gasteiger partial charge on any atom is -0.493 e. The predicted octanol–water partition coefficient (Wildman–Crippen LogP) is 4.87. The topological polar surface area (TPSA) is 94.9 Å². The van der Waals surface area contributed by atoms with Gasteiger partial charge in [-0.05, 0) is 35.9 Å². The van der Waals surface area contributed by atoms with Crippen LogP contribution >= 0.6 is 15.9 Å². The molecule has 2 aliphatic heterocycles. The molecule has 0 saturated heterocycles. The molecule has 3 aromatic rings. The Morgan fingerprint density at radius 3 is 1.87 bits per heavy atom. The largest absolute Gasteiger partial charge is 0.493 e. The van der Waals surface area contributed by atoms with Gasteiger partial charge in [-0.15, -0.1) is 0 Å². The molecule has 0 spiro atoms. The Morgan fingerprint density at radius 1 is 0.692 bits per heavy atom. The normalized spacial score (nSPS) is 17.9. The first-order chi connectivity index (χ1) is 19.2. The fourth-order valence-corrected chi connectivity index (χ4v) is 4.33. The van der Waals surface area contributed by atoms with Crippen molar-refractivity contribution in [2.75, 3.05) is 26.4 Å². The highest BCUT2D eigenvalue weighted by Gasteiger charge is 2.22. The third kappa shape index (κ3) is 8.54. The van der Waals surface area contributed by atoms with Crippen molar-refractivity contribution >= 4 is 28.0 Å². The Bertz CT molecular complexity index is 1270. The summed E-state index contributed by atoms with van der Waals surface area (Å²) in [6.45, 7) is 2.56. The Hall–Kier alpha value is -3.92. The number of hydrogen-bond acceptors (Lipinski definition) is 9. The quantitative estimate of drug-likeness (QED) is 0.306. The van der Waals surface area contributed by atoms with E-state index < -0.39 is 0 Å². The number of benzene rings is 3. The fourth-order valence-electron chi connectivity index (χ4n) is 3.95. The summed E-state index contributed by atoms with van der Waals surface area (Å²) in [5, 5.41) is 0. The van der Waals surface area contributed by atoms with Crippen LogP contribution in [0.4, 0.5) is 0 Å². The molecule has 0 aromatic heterocycles. The second kappa shape index (κ2) is 13.7. The van der Waals surface area contributed by atoms with Gasteiger partial charge in [-0.2, -0.15) is 0 Å². The summed E-state index contributed by atoms with van der Waals surface area (Å²) < 4.78 is 29.8. The molecule has 2 heterocycles. The molecule has 0 radical (unpaired) electrons. The number of hydrazine groups is 1. The zero-order chi connectivity index (χ0) is 26.7. The summed E-state index contributed by atoms with van der Waals surface area (Å²) in [6, 6.07) is 26.4. The molecule has 204 valence electrons. The van der Waals surface area contributed by atoms with E-state index in [2.05, 4.69) is 36.8 Å². The van der Waals surface area contributed by atoms with Crippen LogP contribution in [-0.2, 0) is 16.1 Å². The number of halogens is 1. The van der Waals surface area contributed by atoms with E-state index in [9.17, 15) is 0 Å². The van der Waals surface area contributed by atoms with Gasteiger partial charge >= 0.3 is 12.0 Å². The number of amidine groups is 2. The van der Waals surface area contributed by atoms with Crippen molar-refractivity contribution in [2.24, 2.45) is 9.98 Å².